The fraction of sp³-hybridized carbons (Fsp3) is 0.0909. The SMILES string of the molecule is Cc1ccnc(Oc2ccc(Br)cc2Cl)n1. The van der Waals surface area contributed by atoms with Crippen molar-refractivity contribution in [3.05, 3.63) is 45.7 Å². The van der Waals surface area contributed by atoms with Gasteiger partial charge in [0.15, 0.2) is 0 Å². The molecule has 0 aliphatic heterocycles. The Morgan fingerprint density at radius 2 is 2.12 bits per heavy atom. The van der Waals surface area contributed by atoms with Crippen LogP contribution in [0.25, 0.3) is 0 Å². The van der Waals surface area contributed by atoms with Crippen molar-refractivity contribution in [2.24, 2.45) is 0 Å². The Morgan fingerprint density at radius 1 is 1.31 bits per heavy atom. The molecule has 2 rings (SSSR count). The van der Waals surface area contributed by atoms with E-state index in [1.165, 1.54) is 0 Å². The molecular weight excluding hydrogens is 291 g/mol. The monoisotopic (exact) mass is 298 g/mol. The number of ether oxygens (including phenoxy) is 1. The number of nitrogens with zero attached hydrogens (tertiary/aromatic N) is 2. The lowest BCUT2D eigenvalue weighted by molar-refractivity contribution is 0.440. The van der Waals surface area contributed by atoms with E-state index >= 15 is 0 Å². The molecule has 82 valence electrons. The second kappa shape index (κ2) is 4.80. The molecule has 1 heterocycles. The van der Waals surface area contributed by atoms with Crippen LogP contribution in [0.1, 0.15) is 5.69 Å². The fourth-order valence-electron chi connectivity index (χ4n) is 1.13. The first kappa shape index (κ1) is 11.4. The highest BCUT2D eigenvalue weighted by Crippen LogP contribution is 2.30. The lowest BCUT2D eigenvalue weighted by atomic mass is 10.3. The highest BCUT2D eigenvalue weighted by molar-refractivity contribution is 9.10. The summed E-state index contributed by atoms with van der Waals surface area (Å²) in [7, 11) is 0. The molecule has 0 aliphatic rings. The van der Waals surface area contributed by atoms with Crippen molar-refractivity contribution in [2.75, 3.05) is 0 Å². The summed E-state index contributed by atoms with van der Waals surface area (Å²) >= 11 is 9.33. The molecule has 0 bridgehead atoms. The number of halogens is 2. The van der Waals surface area contributed by atoms with Gasteiger partial charge in [-0.15, -0.1) is 0 Å². The van der Waals surface area contributed by atoms with Gasteiger partial charge in [0.25, 0.3) is 0 Å². The van der Waals surface area contributed by atoms with Crippen LogP contribution in [0.4, 0.5) is 0 Å². The fourth-order valence-corrected chi connectivity index (χ4v) is 1.84. The van der Waals surface area contributed by atoms with Crippen molar-refractivity contribution < 1.29 is 4.74 Å². The normalized spacial score (nSPS) is 10.2. The molecule has 0 N–H and O–H groups in total. The maximum atomic E-state index is 6.01. The van der Waals surface area contributed by atoms with Crippen LogP contribution < -0.4 is 4.74 Å². The predicted molar refractivity (Wildman–Crippen MR) is 66.0 cm³/mol. The van der Waals surface area contributed by atoms with Gasteiger partial charge in [0.2, 0.25) is 0 Å². The van der Waals surface area contributed by atoms with Crippen molar-refractivity contribution in [2.45, 2.75) is 6.92 Å². The Labute approximate surface area is 107 Å². The molecule has 3 nitrogen and oxygen atoms in total. The van der Waals surface area contributed by atoms with E-state index in [2.05, 4.69) is 25.9 Å². The standard InChI is InChI=1S/C11H8BrClN2O/c1-7-4-5-14-11(15-7)16-10-3-2-8(12)6-9(10)13/h2-6H,1H3. The van der Waals surface area contributed by atoms with E-state index < -0.39 is 0 Å². The van der Waals surface area contributed by atoms with Gasteiger partial charge in [-0.1, -0.05) is 27.5 Å². The minimum Gasteiger partial charge on any atom is -0.423 e. The van der Waals surface area contributed by atoms with Gasteiger partial charge in [-0.25, -0.2) is 9.97 Å². The summed E-state index contributed by atoms with van der Waals surface area (Å²) in [4.78, 5) is 8.12. The molecular formula is C11H8BrClN2O. The van der Waals surface area contributed by atoms with Crippen LogP contribution in [0.2, 0.25) is 5.02 Å². The second-order valence-electron chi connectivity index (χ2n) is 3.16. The van der Waals surface area contributed by atoms with E-state index in [-0.39, 0.29) is 0 Å². The third-order valence-corrected chi connectivity index (χ3v) is 2.66. The van der Waals surface area contributed by atoms with Gasteiger partial charge in [-0.3, -0.25) is 0 Å². The number of aryl methyl sites for hydroxylation is 1. The molecule has 0 saturated heterocycles. The Bertz CT molecular complexity index is 519. The zero-order valence-electron chi connectivity index (χ0n) is 8.45. The minimum atomic E-state index is 0.296. The highest BCUT2D eigenvalue weighted by atomic mass is 79.9. The topological polar surface area (TPSA) is 35.0 Å². The molecule has 0 atom stereocenters. The lowest BCUT2D eigenvalue weighted by Gasteiger charge is -2.05. The van der Waals surface area contributed by atoms with Crippen molar-refractivity contribution >= 4 is 27.5 Å². The number of hydrogen-bond donors (Lipinski definition) is 0. The van der Waals surface area contributed by atoms with Gasteiger partial charge >= 0.3 is 6.01 Å². The van der Waals surface area contributed by atoms with Gasteiger partial charge in [0.05, 0.1) is 5.02 Å². The Kier molecular flexibility index (Phi) is 3.41. The van der Waals surface area contributed by atoms with E-state index in [0.717, 1.165) is 10.2 Å². The molecule has 16 heavy (non-hydrogen) atoms. The van der Waals surface area contributed by atoms with E-state index in [0.29, 0.717) is 16.8 Å². The van der Waals surface area contributed by atoms with Crippen molar-refractivity contribution in [1.29, 1.82) is 0 Å². The molecule has 0 fully saturated rings. The summed E-state index contributed by atoms with van der Waals surface area (Å²) < 4.78 is 6.37. The maximum absolute atomic E-state index is 6.01. The quantitative estimate of drug-likeness (QED) is 0.841. The average Bonchev–Trinajstić information content (AvgIpc) is 2.22. The molecule has 5 heteroatoms. The smallest absolute Gasteiger partial charge is 0.322 e. The maximum Gasteiger partial charge on any atom is 0.322 e. The number of rotatable bonds is 2. The number of benzene rings is 1. The minimum absolute atomic E-state index is 0.296. The first-order chi connectivity index (χ1) is 7.65. The molecule has 0 aliphatic carbocycles. The van der Waals surface area contributed by atoms with E-state index in [1.807, 2.05) is 13.0 Å². The molecule has 0 saturated carbocycles. The molecule has 1 aromatic carbocycles. The summed E-state index contributed by atoms with van der Waals surface area (Å²) in [5.41, 5.74) is 0.846. The number of aromatic nitrogens is 2. The van der Waals surface area contributed by atoms with Crippen LogP contribution in [0.15, 0.2) is 34.9 Å². The summed E-state index contributed by atoms with van der Waals surface area (Å²) in [6.07, 6.45) is 1.64. The van der Waals surface area contributed by atoms with Crippen LogP contribution in [0, 0.1) is 6.92 Å². The first-order valence-electron chi connectivity index (χ1n) is 4.58. The zero-order valence-corrected chi connectivity index (χ0v) is 10.8. The molecule has 0 spiro atoms. The van der Waals surface area contributed by atoms with E-state index in [1.54, 1.807) is 24.4 Å². The van der Waals surface area contributed by atoms with E-state index in [4.69, 9.17) is 16.3 Å². The van der Waals surface area contributed by atoms with Crippen LogP contribution in [0.5, 0.6) is 11.8 Å². The molecule has 1 aromatic heterocycles. The van der Waals surface area contributed by atoms with Gasteiger partial charge in [0.1, 0.15) is 5.75 Å². The van der Waals surface area contributed by atoms with Gasteiger partial charge in [-0.05, 0) is 31.2 Å². The van der Waals surface area contributed by atoms with Crippen LogP contribution in [-0.2, 0) is 0 Å². The molecule has 2 aromatic rings. The highest BCUT2D eigenvalue weighted by Gasteiger charge is 2.05. The Balaban J connectivity index is 2.27. The van der Waals surface area contributed by atoms with Crippen molar-refractivity contribution in [1.82, 2.24) is 9.97 Å². The average molecular weight is 300 g/mol. The third-order valence-electron chi connectivity index (χ3n) is 1.87. The second-order valence-corrected chi connectivity index (χ2v) is 4.48. The Morgan fingerprint density at radius 3 is 2.81 bits per heavy atom. The van der Waals surface area contributed by atoms with Crippen LogP contribution in [-0.4, -0.2) is 9.97 Å². The number of hydrogen-bond acceptors (Lipinski definition) is 3. The zero-order chi connectivity index (χ0) is 11.5. The first-order valence-corrected chi connectivity index (χ1v) is 5.75. The van der Waals surface area contributed by atoms with Crippen LogP contribution >= 0.6 is 27.5 Å². The van der Waals surface area contributed by atoms with Crippen molar-refractivity contribution in [3.63, 3.8) is 0 Å². The molecule has 0 amide bonds. The summed E-state index contributed by atoms with van der Waals surface area (Å²) in [6.45, 7) is 1.87. The Hall–Kier alpha value is -1.13. The van der Waals surface area contributed by atoms with Crippen LogP contribution in [0.3, 0.4) is 0 Å². The largest absolute Gasteiger partial charge is 0.423 e. The molecule has 0 radical (unpaired) electrons. The van der Waals surface area contributed by atoms with E-state index in [9.17, 15) is 0 Å². The molecule has 0 unspecified atom stereocenters. The summed E-state index contributed by atoms with van der Waals surface area (Å²) in [5.74, 6) is 0.537. The lowest BCUT2D eigenvalue weighted by Crippen LogP contribution is -1.93. The van der Waals surface area contributed by atoms with Gasteiger partial charge in [-0.2, -0.15) is 0 Å². The summed E-state index contributed by atoms with van der Waals surface area (Å²) in [5, 5.41) is 0.513. The predicted octanol–water partition coefficient (Wildman–Crippen LogP) is 3.99. The van der Waals surface area contributed by atoms with Crippen molar-refractivity contribution in [3.8, 4) is 11.8 Å². The van der Waals surface area contributed by atoms with Gasteiger partial charge in [0, 0.05) is 16.4 Å². The van der Waals surface area contributed by atoms with Gasteiger partial charge < -0.3 is 4.74 Å². The third kappa shape index (κ3) is 2.71. The summed E-state index contributed by atoms with van der Waals surface area (Å²) in [6, 6.07) is 7.46.